The Hall–Kier alpha value is -4.16. The van der Waals surface area contributed by atoms with Crippen LogP contribution in [0.1, 0.15) is 5.56 Å². The molecule has 0 radical (unpaired) electrons. The molecular weight excluding hydrogens is 525 g/mol. The lowest BCUT2D eigenvalue weighted by Crippen LogP contribution is -2.24. The number of H-pyrrole nitrogens is 2. The van der Waals surface area contributed by atoms with Gasteiger partial charge in [0.2, 0.25) is 17.0 Å². The van der Waals surface area contributed by atoms with Gasteiger partial charge >= 0.3 is 0 Å². The molecule has 3 aromatic carbocycles. The third-order valence-electron chi connectivity index (χ3n) is 5.33. The van der Waals surface area contributed by atoms with Gasteiger partial charge in [-0.15, -0.1) is 5.10 Å². The van der Waals surface area contributed by atoms with E-state index in [0.717, 1.165) is 22.2 Å². The van der Waals surface area contributed by atoms with Gasteiger partial charge in [0, 0.05) is 17.8 Å². The number of halogens is 1. The summed E-state index contributed by atoms with van der Waals surface area (Å²) in [6.45, 7) is 0.325. The minimum absolute atomic E-state index is 0.154. The summed E-state index contributed by atoms with van der Waals surface area (Å²) in [5.41, 5.74) is 3.83. The van der Waals surface area contributed by atoms with E-state index < -0.39 is 0 Å². The highest BCUT2D eigenvalue weighted by molar-refractivity contribution is 8.00. The number of anilines is 1. The maximum Gasteiger partial charge on any atom is 0.234 e. The van der Waals surface area contributed by atoms with Crippen LogP contribution in [0.3, 0.4) is 0 Å². The summed E-state index contributed by atoms with van der Waals surface area (Å²) < 4.78 is 13.0. The molecule has 0 aliphatic heterocycles. The molecule has 0 aliphatic carbocycles. The van der Waals surface area contributed by atoms with Gasteiger partial charge in [-0.25, -0.2) is 14.4 Å². The van der Waals surface area contributed by atoms with Gasteiger partial charge in [-0.3, -0.25) is 14.7 Å². The van der Waals surface area contributed by atoms with E-state index in [2.05, 4.69) is 35.8 Å². The Morgan fingerprint density at radius 3 is 2.50 bits per heavy atom. The highest BCUT2D eigenvalue weighted by Gasteiger charge is 2.11. The SMILES string of the molecule is O=C(CSc1nc2ccc(NC(=O)CSc3n[nH]c(-c4ccccc4)n3)cc2[nH]1)NCc1ccc(F)cc1. The number of nitrogens with one attached hydrogen (secondary N) is 4. The third kappa shape index (κ3) is 6.78. The summed E-state index contributed by atoms with van der Waals surface area (Å²) in [5.74, 6) is 0.319. The standard InChI is InChI=1S/C26H22FN7O2S2/c27-18-8-6-16(7-9-18)13-28-22(35)14-37-25-30-20-11-10-19(12-21(20)31-25)29-23(36)15-38-26-32-24(33-34-26)17-4-2-1-3-5-17/h1-12H,13-15H2,(H,28,35)(H,29,36)(H,30,31)(H,32,33,34). The number of amides is 2. The monoisotopic (exact) mass is 547 g/mol. The smallest absolute Gasteiger partial charge is 0.234 e. The Morgan fingerprint density at radius 2 is 1.68 bits per heavy atom. The third-order valence-corrected chi connectivity index (χ3v) is 7.05. The molecule has 0 bridgehead atoms. The van der Waals surface area contributed by atoms with Gasteiger partial charge in [0.1, 0.15) is 5.82 Å². The van der Waals surface area contributed by atoms with Gasteiger partial charge in [0.25, 0.3) is 0 Å². The van der Waals surface area contributed by atoms with Crippen molar-refractivity contribution in [3.8, 4) is 11.4 Å². The van der Waals surface area contributed by atoms with E-state index in [1.165, 1.54) is 35.7 Å². The van der Waals surface area contributed by atoms with Crippen LogP contribution in [-0.4, -0.2) is 48.5 Å². The second kappa shape index (κ2) is 11.9. The lowest BCUT2D eigenvalue weighted by molar-refractivity contribution is -0.118. The van der Waals surface area contributed by atoms with Crippen LogP contribution in [-0.2, 0) is 16.1 Å². The normalized spacial score (nSPS) is 11.0. The molecule has 4 N–H and O–H groups in total. The van der Waals surface area contributed by atoms with Gasteiger partial charge in [-0.05, 0) is 35.9 Å². The van der Waals surface area contributed by atoms with E-state index in [4.69, 9.17) is 0 Å². The summed E-state index contributed by atoms with van der Waals surface area (Å²) in [6, 6.07) is 21.0. The Balaban J connectivity index is 1.10. The van der Waals surface area contributed by atoms with Crippen LogP contribution in [0.2, 0.25) is 0 Å². The first kappa shape index (κ1) is 25.5. The number of aromatic nitrogens is 5. The topological polar surface area (TPSA) is 128 Å². The Bertz CT molecular complexity index is 1560. The summed E-state index contributed by atoms with van der Waals surface area (Å²) in [7, 11) is 0. The van der Waals surface area contributed by atoms with Crippen molar-refractivity contribution >= 4 is 52.1 Å². The van der Waals surface area contributed by atoms with Gasteiger partial charge in [-0.1, -0.05) is 66.0 Å². The van der Waals surface area contributed by atoms with E-state index in [-0.39, 0.29) is 29.1 Å². The zero-order valence-electron chi connectivity index (χ0n) is 19.9. The largest absolute Gasteiger partial charge is 0.351 e. The molecular formula is C26H22FN7O2S2. The van der Waals surface area contributed by atoms with Gasteiger partial charge in [-0.2, -0.15) is 0 Å². The number of carbonyl (C=O) groups is 2. The van der Waals surface area contributed by atoms with Crippen LogP contribution in [0.25, 0.3) is 22.4 Å². The van der Waals surface area contributed by atoms with Crippen LogP contribution < -0.4 is 10.6 Å². The number of fused-ring (bicyclic) bond motifs is 1. The van der Waals surface area contributed by atoms with Crippen LogP contribution in [0.4, 0.5) is 10.1 Å². The average Bonchev–Trinajstić information content (AvgIpc) is 3.58. The lowest BCUT2D eigenvalue weighted by atomic mass is 10.2. The molecule has 2 amide bonds. The second-order valence-electron chi connectivity index (χ2n) is 8.14. The number of nitrogens with zero attached hydrogens (tertiary/aromatic N) is 3. The number of aromatic amines is 2. The molecule has 0 unspecified atom stereocenters. The molecule has 5 rings (SSSR count). The zero-order chi connectivity index (χ0) is 26.3. The van der Waals surface area contributed by atoms with Gasteiger partial charge < -0.3 is 15.6 Å². The molecule has 9 nitrogen and oxygen atoms in total. The fraction of sp³-hybridized carbons (Fsp3) is 0.115. The number of benzene rings is 3. The number of imidazole rings is 1. The van der Waals surface area contributed by atoms with Crippen molar-refractivity contribution in [1.29, 1.82) is 0 Å². The predicted molar refractivity (Wildman–Crippen MR) is 146 cm³/mol. The molecule has 2 heterocycles. The molecule has 5 aromatic rings. The van der Waals surface area contributed by atoms with E-state index in [0.29, 0.717) is 28.4 Å². The van der Waals surface area contributed by atoms with E-state index in [9.17, 15) is 14.0 Å². The fourth-order valence-corrected chi connectivity index (χ4v) is 4.80. The lowest BCUT2D eigenvalue weighted by Gasteiger charge is -2.04. The van der Waals surface area contributed by atoms with E-state index in [1.54, 1.807) is 30.3 Å². The zero-order valence-corrected chi connectivity index (χ0v) is 21.5. The number of thioether (sulfide) groups is 2. The maximum absolute atomic E-state index is 13.0. The summed E-state index contributed by atoms with van der Waals surface area (Å²) >= 11 is 2.51. The summed E-state index contributed by atoms with van der Waals surface area (Å²) in [6.07, 6.45) is 0. The number of hydrogen-bond acceptors (Lipinski definition) is 7. The Morgan fingerprint density at radius 1 is 0.895 bits per heavy atom. The summed E-state index contributed by atoms with van der Waals surface area (Å²) in [5, 5.41) is 13.8. The number of carbonyl (C=O) groups excluding carboxylic acids is 2. The molecule has 0 fully saturated rings. The Labute approximate surface area is 225 Å². The first-order chi connectivity index (χ1) is 18.5. The summed E-state index contributed by atoms with van der Waals surface area (Å²) in [4.78, 5) is 36.7. The second-order valence-corrected chi connectivity index (χ2v) is 10.0. The van der Waals surface area contributed by atoms with Crippen LogP contribution in [0.5, 0.6) is 0 Å². The highest BCUT2D eigenvalue weighted by Crippen LogP contribution is 2.23. The molecule has 2 aromatic heterocycles. The average molecular weight is 548 g/mol. The van der Waals surface area contributed by atoms with Crippen molar-refractivity contribution in [3.63, 3.8) is 0 Å². The van der Waals surface area contributed by atoms with Crippen molar-refractivity contribution in [3.05, 3.63) is 84.2 Å². The van der Waals surface area contributed by atoms with Crippen LogP contribution in [0.15, 0.2) is 83.1 Å². The molecule has 0 aliphatic rings. The van der Waals surface area contributed by atoms with E-state index in [1.807, 2.05) is 30.3 Å². The number of hydrogen-bond donors (Lipinski definition) is 4. The predicted octanol–water partition coefficient (Wildman–Crippen LogP) is 4.63. The Kier molecular flexibility index (Phi) is 8.00. The number of rotatable bonds is 10. The molecule has 38 heavy (non-hydrogen) atoms. The first-order valence-corrected chi connectivity index (χ1v) is 13.5. The minimum atomic E-state index is -0.314. The van der Waals surface area contributed by atoms with Crippen LogP contribution in [0, 0.1) is 5.82 Å². The molecule has 0 atom stereocenters. The fourth-order valence-electron chi connectivity index (χ4n) is 3.48. The van der Waals surface area contributed by atoms with Gasteiger partial charge in [0.15, 0.2) is 11.0 Å². The van der Waals surface area contributed by atoms with Crippen molar-refractivity contribution in [2.45, 2.75) is 16.9 Å². The molecule has 12 heteroatoms. The highest BCUT2D eigenvalue weighted by atomic mass is 32.2. The minimum Gasteiger partial charge on any atom is -0.351 e. The molecule has 192 valence electrons. The maximum atomic E-state index is 13.0. The first-order valence-electron chi connectivity index (χ1n) is 11.6. The molecule has 0 spiro atoms. The van der Waals surface area contributed by atoms with Crippen molar-refractivity contribution in [2.24, 2.45) is 0 Å². The van der Waals surface area contributed by atoms with Crippen LogP contribution >= 0.6 is 23.5 Å². The molecule has 0 saturated carbocycles. The quantitative estimate of drug-likeness (QED) is 0.188. The molecule has 0 saturated heterocycles. The van der Waals surface area contributed by atoms with Gasteiger partial charge in [0.05, 0.1) is 22.5 Å². The van der Waals surface area contributed by atoms with Crippen molar-refractivity contribution in [2.75, 3.05) is 16.8 Å². The van der Waals surface area contributed by atoms with Crippen molar-refractivity contribution < 1.29 is 14.0 Å². The van der Waals surface area contributed by atoms with E-state index >= 15 is 0 Å². The van der Waals surface area contributed by atoms with Crippen molar-refractivity contribution in [1.82, 2.24) is 30.5 Å².